The van der Waals surface area contributed by atoms with E-state index in [0.29, 0.717) is 0 Å². The number of aryl methyl sites for hydroxylation is 3. The first-order valence-electron chi connectivity index (χ1n) is 7.94. The summed E-state index contributed by atoms with van der Waals surface area (Å²) < 4.78 is 8.52. The van der Waals surface area contributed by atoms with Gasteiger partial charge >= 0.3 is 0 Å². The van der Waals surface area contributed by atoms with Gasteiger partial charge in [-0.2, -0.15) is 0 Å². The number of nitrogens with zero attached hydrogens (tertiary/aromatic N) is 1. The Bertz CT molecular complexity index is 1240. The molecule has 0 aliphatic heterocycles. The van der Waals surface area contributed by atoms with Gasteiger partial charge in [-0.25, -0.2) is 0 Å². The second-order valence-electron chi connectivity index (χ2n) is 6.52. The Morgan fingerprint density at radius 1 is 0.739 bits per heavy atom. The zero-order valence-electron chi connectivity index (χ0n) is 13.5. The minimum absolute atomic E-state index is 0.961. The molecule has 3 aromatic carbocycles. The number of rotatable bonds is 0. The molecular formula is C21H17NO. The van der Waals surface area contributed by atoms with Crippen LogP contribution in [0.2, 0.25) is 0 Å². The number of fused-ring (bicyclic) bond motifs is 7. The minimum atomic E-state index is 0.961. The predicted molar refractivity (Wildman–Crippen MR) is 97.2 cm³/mol. The summed E-state index contributed by atoms with van der Waals surface area (Å²) in [5, 5.41) is 4.89. The van der Waals surface area contributed by atoms with Crippen LogP contribution in [0.15, 0.2) is 52.9 Å². The van der Waals surface area contributed by atoms with Crippen LogP contribution < -0.4 is 0 Å². The van der Waals surface area contributed by atoms with Crippen molar-refractivity contribution in [1.82, 2.24) is 4.57 Å². The summed E-state index contributed by atoms with van der Waals surface area (Å²) in [5.41, 5.74) is 6.95. The Morgan fingerprint density at radius 2 is 1.43 bits per heavy atom. The third kappa shape index (κ3) is 1.58. The van der Waals surface area contributed by atoms with Gasteiger partial charge in [0.2, 0.25) is 0 Å². The molecule has 0 saturated heterocycles. The van der Waals surface area contributed by atoms with Gasteiger partial charge in [0.15, 0.2) is 0 Å². The maximum absolute atomic E-state index is 6.27. The molecule has 0 unspecified atom stereocenters. The zero-order valence-corrected chi connectivity index (χ0v) is 13.5. The van der Waals surface area contributed by atoms with Crippen LogP contribution in [0.5, 0.6) is 0 Å². The number of furan rings is 1. The molecule has 5 rings (SSSR count). The van der Waals surface area contributed by atoms with Crippen molar-refractivity contribution >= 4 is 43.7 Å². The summed E-state index contributed by atoms with van der Waals surface area (Å²) in [6.45, 7) is 4.26. The molecule has 0 radical (unpaired) electrons. The fourth-order valence-electron chi connectivity index (χ4n) is 3.76. The standard InChI is InChI=1S/C21H17NO/c1-12-4-7-17-16(11-12)20-18(22(17)3)8-6-14-15-10-13(2)5-9-19(15)23-21(14)20/h4-11H,1-3H3. The average Bonchev–Trinajstić information content (AvgIpc) is 3.03. The van der Waals surface area contributed by atoms with E-state index in [0.717, 1.165) is 11.2 Å². The van der Waals surface area contributed by atoms with Crippen molar-refractivity contribution in [3.8, 4) is 0 Å². The lowest BCUT2D eigenvalue weighted by molar-refractivity contribution is 0.673. The van der Waals surface area contributed by atoms with Crippen LogP contribution in [0.1, 0.15) is 11.1 Å². The summed E-state index contributed by atoms with van der Waals surface area (Å²) >= 11 is 0. The van der Waals surface area contributed by atoms with E-state index < -0.39 is 0 Å². The molecule has 23 heavy (non-hydrogen) atoms. The van der Waals surface area contributed by atoms with Crippen molar-refractivity contribution in [2.24, 2.45) is 7.05 Å². The van der Waals surface area contributed by atoms with E-state index in [1.54, 1.807) is 0 Å². The first-order chi connectivity index (χ1) is 11.1. The maximum atomic E-state index is 6.27. The van der Waals surface area contributed by atoms with Crippen LogP contribution >= 0.6 is 0 Å². The molecule has 0 fully saturated rings. The molecule has 2 aromatic heterocycles. The molecule has 112 valence electrons. The maximum Gasteiger partial charge on any atom is 0.145 e. The van der Waals surface area contributed by atoms with E-state index in [1.165, 1.54) is 43.7 Å². The van der Waals surface area contributed by atoms with Crippen LogP contribution in [0.4, 0.5) is 0 Å². The Kier molecular flexibility index (Phi) is 2.31. The molecule has 0 aliphatic carbocycles. The molecule has 0 aliphatic rings. The van der Waals surface area contributed by atoms with Gasteiger partial charge in [-0.05, 0) is 50.2 Å². The van der Waals surface area contributed by atoms with Crippen LogP contribution in [-0.4, -0.2) is 4.57 Å². The van der Waals surface area contributed by atoms with Crippen molar-refractivity contribution in [1.29, 1.82) is 0 Å². The van der Waals surface area contributed by atoms with Gasteiger partial charge in [-0.15, -0.1) is 0 Å². The van der Waals surface area contributed by atoms with Gasteiger partial charge in [0.25, 0.3) is 0 Å². The Morgan fingerprint density at radius 3 is 2.26 bits per heavy atom. The van der Waals surface area contributed by atoms with Crippen molar-refractivity contribution in [3.63, 3.8) is 0 Å². The van der Waals surface area contributed by atoms with E-state index >= 15 is 0 Å². The smallest absolute Gasteiger partial charge is 0.145 e. The summed E-state index contributed by atoms with van der Waals surface area (Å²) in [5.74, 6) is 0. The molecule has 5 aromatic rings. The lowest BCUT2D eigenvalue weighted by atomic mass is 10.1. The third-order valence-electron chi connectivity index (χ3n) is 4.92. The monoisotopic (exact) mass is 299 g/mol. The molecule has 0 amide bonds. The highest BCUT2D eigenvalue weighted by Crippen LogP contribution is 2.39. The van der Waals surface area contributed by atoms with Crippen LogP contribution in [-0.2, 0) is 7.05 Å². The van der Waals surface area contributed by atoms with Crippen molar-refractivity contribution < 1.29 is 4.42 Å². The van der Waals surface area contributed by atoms with Gasteiger partial charge in [0, 0.05) is 28.7 Å². The van der Waals surface area contributed by atoms with Crippen LogP contribution in [0.25, 0.3) is 43.7 Å². The van der Waals surface area contributed by atoms with Gasteiger partial charge in [-0.1, -0.05) is 23.3 Å². The zero-order chi connectivity index (χ0) is 15.7. The van der Waals surface area contributed by atoms with E-state index in [1.807, 2.05) is 0 Å². The van der Waals surface area contributed by atoms with Crippen LogP contribution in [0, 0.1) is 13.8 Å². The van der Waals surface area contributed by atoms with Crippen molar-refractivity contribution in [2.75, 3.05) is 0 Å². The van der Waals surface area contributed by atoms with Crippen molar-refractivity contribution in [3.05, 3.63) is 59.7 Å². The fraction of sp³-hybridized carbons (Fsp3) is 0.143. The molecule has 0 atom stereocenters. The largest absolute Gasteiger partial charge is 0.455 e. The number of benzene rings is 3. The van der Waals surface area contributed by atoms with Gasteiger partial charge < -0.3 is 8.98 Å². The van der Waals surface area contributed by atoms with E-state index in [9.17, 15) is 0 Å². The topological polar surface area (TPSA) is 18.1 Å². The van der Waals surface area contributed by atoms with Crippen molar-refractivity contribution in [2.45, 2.75) is 13.8 Å². The molecule has 0 N–H and O–H groups in total. The lowest BCUT2D eigenvalue weighted by Crippen LogP contribution is -1.85. The molecule has 2 heterocycles. The van der Waals surface area contributed by atoms with Gasteiger partial charge in [0.05, 0.1) is 10.9 Å². The Labute approximate surface area is 133 Å². The lowest BCUT2D eigenvalue weighted by Gasteiger charge is -1.97. The van der Waals surface area contributed by atoms with E-state index in [2.05, 4.69) is 74.0 Å². The highest BCUT2D eigenvalue weighted by molar-refractivity contribution is 6.23. The minimum Gasteiger partial charge on any atom is -0.455 e. The average molecular weight is 299 g/mol. The van der Waals surface area contributed by atoms with Crippen LogP contribution in [0.3, 0.4) is 0 Å². The highest BCUT2D eigenvalue weighted by Gasteiger charge is 2.16. The molecular weight excluding hydrogens is 282 g/mol. The molecule has 0 spiro atoms. The Balaban J connectivity index is 2.10. The van der Waals surface area contributed by atoms with Gasteiger partial charge in [0.1, 0.15) is 11.2 Å². The summed E-state index contributed by atoms with van der Waals surface area (Å²) in [6, 6.07) is 17.4. The van der Waals surface area contributed by atoms with E-state index in [-0.39, 0.29) is 0 Å². The second kappa shape index (κ2) is 4.17. The first kappa shape index (κ1) is 12.8. The molecule has 2 heteroatoms. The number of aromatic nitrogens is 1. The normalized spacial score (nSPS) is 12.1. The third-order valence-corrected chi connectivity index (χ3v) is 4.92. The highest BCUT2D eigenvalue weighted by atomic mass is 16.3. The summed E-state index contributed by atoms with van der Waals surface area (Å²) in [7, 11) is 2.12. The predicted octanol–water partition coefficient (Wildman–Crippen LogP) is 5.85. The quantitative estimate of drug-likeness (QED) is 0.351. The van der Waals surface area contributed by atoms with E-state index in [4.69, 9.17) is 4.42 Å². The molecule has 2 nitrogen and oxygen atoms in total. The summed E-state index contributed by atoms with van der Waals surface area (Å²) in [4.78, 5) is 0. The fourth-order valence-corrected chi connectivity index (χ4v) is 3.76. The molecule has 0 saturated carbocycles. The Hall–Kier alpha value is -2.74. The first-order valence-corrected chi connectivity index (χ1v) is 7.94. The number of hydrogen-bond donors (Lipinski definition) is 0. The summed E-state index contributed by atoms with van der Waals surface area (Å²) in [6.07, 6.45) is 0. The molecule has 0 bridgehead atoms. The number of hydrogen-bond acceptors (Lipinski definition) is 1. The SMILES string of the molecule is Cc1ccc2oc3c(ccc4c3c3cc(C)ccc3n4C)c2c1. The second-order valence-corrected chi connectivity index (χ2v) is 6.52. The van der Waals surface area contributed by atoms with Gasteiger partial charge in [-0.3, -0.25) is 0 Å².